The first-order chi connectivity index (χ1) is 17.0. The van der Waals surface area contributed by atoms with Crippen LogP contribution in [-0.2, 0) is 11.0 Å². The lowest BCUT2D eigenvalue weighted by molar-refractivity contribution is -0.139. The number of hydrogen-bond acceptors (Lipinski definition) is 2. The highest BCUT2D eigenvalue weighted by Crippen LogP contribution is 2.39. The predicted octanol–water partition coefficient (Wildman–Crippen LogP) is 7.09. The molecule has 1 unspecified atom stereocenters. The highest BCUT2D eigenvalue weighted by Gasteiger charge is 2.39. The monoisotopic (exact) mass is 664 g/mol. The molecule has 0 saturated heterocycles. The molecule has 14 heteroatoms. The molecule has 2 aromatic rings. The molecular formula is C23H18Br2F8N2O2. The van der Waals surface area contributed by atoms with E-state index in [1.165, 1.54) is 18.2 Å². The van der Waals surface area contributed by atoms with Crippen molar-refractivity contribution in [2.45, 2.75) is 37.7 Å². The van der Waals surface area contributed by atoms with Gasteiger partial charge in [-0.15, -0.1) is 0 Å². The Morgan fingerprint density at radius 3 is 2.08 bits per heavy atom. The van der Waals surface area contributed by atoms with Gasteiger partial charge >= 0.3 is 12.4 Å². The van der Waals surface area contributed by atoms with E-state index in [0.717, 1.165) is 25.1 Å². The Kier molecular flexibility index (Phi) is 10.3. The van der Waals surface area contributed by atoms with Crippen LogP contribution in [0.5, 0.6) is 0 Å². The maximum Gasteiger partial charge on any atom is 0.417 e. The SMILES string of the molecule is C[C@@H](NC(=O)c1ccc(/C=C/C(c2cc(Br)cc(Br)c2)C(F)(F)F)cc1C(F)(F)F)C(=O)NCC(F)F. The molecule has 0 radical (unpaired) electrons. The van der Waals surface area contributed by atoms with Crippen molar-refractivity contribution in [2.24, 2.45) is 0 Å². The number of benzene rings is 2. The average molecular weight is 666 g/mol. The van der Waals surface area contributed by atoms with Crippen LogP contribution in [0.4, 0.5) is 35.1 Å². The summed E-state index contributed by atoms with van der Waals surface area (Å²) >= 11 is 6.19. The van der Waals surface area contributed by atoms with Crippen molar-refractivity contribution in [3.05, 3.63) is 73.7 Å². The minimum Gasteiger partial charge on any atom is -0.349 e. The normalized spacial score (nSPS) is 14.1. The Labute approximate surface area is 222 Å². The van der Waals surface area contributed by atoms with Gasteiger partial charge in [-0.05, 0) is 48.4 Å². The van der Waals surface area contributed by atoms with Crippen molar-refractivity contribution in [3.8, 4) is 0 Å². The Hall–Kier alpha value is -2.48. The largest absolute Gasteiger partial charge is 0.417 e. The molecule has 0 saturated carbocycles. The second kappa shape index (κ2) is 12.4. The van der Waals surface area contributed by atoms with E-state index in [1.54, 1.807) is 0 Å². The third kappa shape index (κ3) is 9.09. The molecule has 0 bridgehead atoms. The lowest BCUT2D eigenvalue weighted by Crippen LogP contribution is -2.46. The molecule has 0 aliphatic heterocycles. The standard InChI is InChI=1S/C23H18Br2F8N2O2/c1-11(20(36)34-10-19(26)27)35-21(37)16-4-2-12(6-18(16)23(31,32)33)3-5-17(22(28,29)30)13-7-14(24)9-15(25)8-13/h2-9,11,17,19H,10H2,1H3,(H,34,36)(H,35,37)/b5-3+/t11-,17?/m1/s1. The van der Waals surface area contributed by atoms with E-state index in [2.05, 4.69) is 31.9 Å². The van der Waals surface area contributed by atoms with Gasteiger partial charge in [0.15, 0.2) is 0 Å². The summed E-state index contributed by atoms with van der Waals surface area (Å²) in [5.41, 5.74) is -2.80. The molecule has 4 nitrogen and oxygen atoms in total. The first kappa shape index (κ1) is 30.7. The Balaban J connectivity index is 2.36. The van der Waals surface area contributed by atoms with E-state index < -0.39 is 60.2 Å². The van der Waals surface area contributed by atoms with Gasteiger partial charge in [-0.25, -0.2) is 8.78 Å². The number of halogens is 10. The van der Waals surface area contributed by atoms with Crippen molar-refractivity contribution in [2.75, 3.05) is 6.54 Å². The quantitative estimate of drug-likeness (QED) is 0.296. The van der Waals surface area contributed by atoms with Gasteiger partial charge in [0, 0.05) is 8.95 Å². The van der Waals surface area contributed by atoms with Gasteiger partial charge in [-0.2, -0.15) is 26.3 Å². The highest BCUT2D eigenvalue weighted by atomic mass is 79.9. The number of carbonyl (C=O) groups is 2. The summed E-state index contributed by atoms with van der Waals surface area (Å²) in [6.07, 6.45) is -11.2. The third-order valence-electron chi connectivity index (χ3n) is 4.84. The Bertz CT molecular complexity index is 1150. The highest BCUT2D eigenvalue weighted by molar-refractivity contribution is 9.11. The van der Waals surface area contributed by atoms with Crippen LogP contribution in [0.1, 0.15) is 39.9 Å². The zero-order valence-electron chi connectivity index (χ0n) is 18.7. The second-order valence-electron chi connectivity index (χ2n) is 7.72. The molecule has 2 amide bonds. The predicted molar refractivity (Wildman–Crippen MR) is 127 cm³/mol. The van der Waals surface area contributed by atoms with Crippen LogP contribution in [-0.4, -0.2) is 37.0 Å². The summed E-state index contributed by atoms with van der Waals surface area (Å²) in [5.74, 6) is -4.51. The van der Waals surface area contributed by atoms with Crippen LogP contribution in [0, 0.1) is 0 Å². The van der Waals surface area contributed by atoms with Crippen LogP contribution in [0.3, 0.4) is 0 Å². The smallest absolute Gasteiger partial charge is 0.349 e. The number of hydrogen-bond donors (Lipinski definition) is 2. The fraction of sp³-hybridized carbons (Fsp3) is 0.304. The van der Waals surface area contributed by atoms with Crippen molar-refractivity contribution in [3.63, 3.8) is 0 Å². The molecule has 0 aliphatic carbocycles. The maximum absolute atomic E-state index is 13.7. The minimum atomic E-state index is -5.07. The number of allylic oxidation sites excluding steroid dienone is 1. The van der Waals surface area contributed by atoms with Gasteiger partial charge in [0.05, 0.1) is 23.6 Å². The van der Waals surface area contributed by atoms with Gasteiger partial charge < -0.3 is 10.6 Å². The molecule has 0 fully saturated rings. The van der Waals surface area contributed by atoms with Crippen LogP contribution in [0.15, 0.2) is 51.4 Å². The third-order valence-corrected chi connectivity index (χ3v) is 5.76. The zero-order chi connectivity index (χ0) is 28.1. The molecular weight excluding hydrogens is 648 g/mol. The van der Waals surface area contributed by atoms with E-state index in [-0.39, 0.29) is 11.1 Å². The molecule has 2 N–H and O–H groups in total. The van der Waals surface area contributed by atoms with E-state index in [4.69, 9.17) is 0 Å². The van der Waals surface area contributed by atoms with E-state index in [0.29, 0.717) is 21.1 Å². The van der Waals surface area contributed by atoms with Gasteiger partial charge in [-0.3, -0.25) is 9.59 Å². The Morgan fingerprint density at radius 2 is 1.57 bits per heavy atom. The summed E-state index contributed by atoms with van der Waals surface area (Å²) in [5, 5.41) is 3.80. The number of rotatable bonds is 8. The molecule has 0 spiro atoms. The number of alkyl halides is 8. The van der Waals surface area contributed by atoms with Crippen LogP contribution in [0.2, 0.25) is 0 Å². The molecule has 0 aliphatic rings. The number of amides is 2. The number of carbonyl (C=O) groups excluding carboxylic acids is 2. The molecule has 2 atom stereocenters. The topological polar surface area (TPSA) is 58.2 Å². The van der Waals surface area contributed by atoms with Crippen molar-refractivity contribution in [1.82, 2.24) is 10.6 Å². The molecule has 37 heavy (non-hydrogen) atoms. The minimum absolute atomic E-state index is 0.170. The number of nitrogens with one attached hydrogen (secondary N) is 2. The van der Waals surface area contributed by atoms with Crippen LogP contribution < -0.4 is 10.6 Å². The second-order valence-corrected chi connectivity index (χ2v) is 9.55. The summed E-state index contributed by atoms with van der Waals surface area (Å²) in [6.45, 7) is 0.0737. The lowest BCUT2D eigenvalue weighted by Gasteiger charge is -2.19. The molecule has 2 aromatic carbocycles. The van der Waals surface area contributed by atoms with Crippen molar-refractivity contribution >= 4 is 49.8 Å². The maximum atomic E-state index is 13.7. The molecule has 0 aromatic heterocycles. The van der Waals surface area contributed by atoms with E-state index in [9.17, 15) is 44.7 Å². The summed E-state index contributed by atoms with van der Waals surface area (Å²) in [4.78, 5) is 24.2. The Morgan fingerprint density at radius 1 is 0.973 bits per heavy atom. The summed E-state index contributed by atoms with van der Waals surface area (Å²) in [7, 11) is 0. The summed E-state index contributed by atoms with van der Waals surface area (Å²) in [6, 6.07) is 4.78. The molecule has 2 rings (SSSR count). The van der Waals surface area contributed by atoms with Gasteiger partial charge in [0.2, 0.25) is 5.91 Å². The first-order valence-corrected chi connectivity index (χ1v) is 11.9. The van der Waals surface area contributed by atoms with E-state index >= 15 is 0 Å². The molecule has 0 heterocycles. The molecule has 202 valence electrons. The fourth-order valence-electron chi connectivity index (χ4n) is 3.14. The zero-order valence-corrected chi connectivity index (χ0v) is 21.8. The average Bonchev–Trinajstić information content (AvgIpc) is 2.75. The fourth-order valence-corrected chi connectivity index (χ4v) is 4.47. The van der Waals surface area contributed by atoms with Gasteiger partial charge in [0.25, 0.3) is 12.3 Å². The van der Waals surface area contributed by atoms with E-state index in [1.807, 2.05) is 10.6 Å². The summed E-state index contributed by atoms with van der Waals surface area (Å²) < 4.78 is 107. The van der Waals surface area contributed by atoms with Gasteiger partial charge in [-0.1, -0.05) is 50.1 Å². The van der Waals surface area contributed by atoms with Crippen LogP contribution in [0.25, 0.3) is 6.08 Å². The van der Waals surface area contributed by atoms with Crippen LogP contribution >= 0.6 is 31.9 Å². The first-order valence-electron chi connectivity index (χ1n) is 10.3. The lowest BCUT2D eigenvalue weighted by atomic mass is 9.96. The van der Waals surface area contributed by atoms with Crippen molar-refractivity contribution < 1.29 is 44.7 Å². The van der Waals surface area contributed by atoms with Crippen molar-refractivity contribution in [1.29, 1.82) is 0 Å². The van der Waals surface area contributed by atoms with Gasteiger partial charge in [0.1, 0.15) is 6.04 Å².